The molecule has 4 N–H and O–H groups in total. The molecule has 1 aromatic heterocycles. The number of aliphatic hydroxyl groups is 1. The summed E-state index contributed by atoms with van der Waals surface area (Å²) in [6, 6.07) is 1.33. The van der Waals surface area contributed by atoms with Crippen molar-refractivity contribution in [2.75, 3.05) is 30.0 Å². The number of hydrogen-bond acceptors (Lipinski definition) is 6. The fourth-order valence-electron chi connectivity index (χ4n) is 1.49. The zero-order valence-corrected chi connectivity index (χ0v) is 10.4. The molecule has 108 valence electrons. The number of nitrogens with one attached hydrogen (secondary N) is 1. The first-order valence-electron chi connectivity index (χ1n) is 5.71. The third-order valence-corrected chi connectivity index (χ3v) is 2.41. The van der Waals surface area contributed by atoms with Crippen molar-refractivity contribution >= 4 is 11.6 Å². The summed E-state index contributed by atoms with van der Waals surface area (Å²) in [7, 11) is 0. The molecule has 0 saturated carbocycles. The van der Waals surface area contributed by atoms with Gasteiger partial charge in [0.25, 0.3) is 0 Å². The highest BCUT2D eigenvalue weighted by Gasteiger charge is 2.35. The lowest BCUT2D eigenvalue weighted by atomic mass is 10.3. The van der Waals surface area contributed by atoms with E-state index in [4.69, 9.17) is 10.9 Å². The highest BCUT2D eigenvalue weighted by atomic mass is 19.4. The molecule has 0 aliphatic carbocycles. The van der Waals surface area contributed by atoms with Crippen molar-refractivity contribution < 1.29 is 18.3 Å². The first kappa shape index (κ1) is 15.4. The molecule has 0 unspecified atom stereocenters. The Bertz CT molecular complexity index is 413. The summed E-state index contributed by atoms with van der Waals surface area (Å²) in [5, 5.41) is 8.77. The number of nitrogen functional groups attached to an aromatic ring is 1. The molecule has 0 aliphatic rings. The van der Waals surface area contributed by atoms with Crippen molar-refractivity contribution in [3.63, 3.8) is 0 Å². The molecule has 1 aromatic rings. The van der Waals surface area contributed by atoms with Gasteiger partial charge in [-0.05, 0) is 13.3 Å². The number of aliphatic hydroxyl groups excluding tert-OH is 1. The Kier molecular flexibility index (Phi) is 5.31. The molecule has 0 atom stereocenters. The highest BCUT2D eigenvalue weighted by molar-refractivity contribution is 5.49. The number of anilines is 2. The summed E-state index contributed by atoms with van der Waals surface area (Å²) in [6.45, 7) is 2.58. The Hall–Kier alpha value is -1.61. The second kappa shape index (κ2) is 6.53. The van der Waals surface area contributed by atoms with Crippen molar-refractivity contribution in [3.8, 4) is 0 Å². The molecule has 0 aromatic carbocycles. The first-order chi connectivity index (χ1) is 8.92. The molecule has 0 bridgehead atoms. The third kappa shape index (κ3) is 4.21. The van der Waals surface area contributed by atoms with E-state index in [9.17, 15) is 13.2 Å². The molecule has 0 spiro atoms. The van der Waals surface area contributed by atoms with Gasteiger partial charge in [0.2, 0.25) is 5.82 Å². The minimum Gasteiger partial charge on any atom is -0.396 e. The topological polar surface area (TPSA) is 87.3 Å². The molecular weight excluding hydrogens is 263 g/mol. The minimum atomic E-state index is -4.64. The Morgan fingerprint density at radius 1 is 1.42 bits per heavy atom. The lowest BCUT2D eigenvalue weighted by molar-refractivity contribution is -0.144. The van der Waals surface area contributed by atoms with Crippen LogP contribution in [0.1, 0.15) is 19.2 Å². The van der Waals surface area contributed by atoms with Crippen LogP contribution in [0.5, 0.6) is 0 Å². The van der Waals surface area contributed by atoms with E-state index in [1.165, 1.54) is 6.07 Å². The van der Waals surface area contributed by atoms with E-state index < -0.39 is 12.0 Å². The Balaban J connectivity index is 3.11. The maximum atomic E-state index is 12.7. The summed E-state index contributed by atoms with van der Waals surface area (Å²) in [6.07, 6.45) is -4.21. The van der Waals surface area contributed by atoms with Crippen LogP contribution < -0.4 is 16.2 Å². The molecule has 1 rings (SSSR count). The predicted molar refractivity (Wildman–Crippen MR) is 64.4 cm³/mol. The number of halogens is 3. The Morgan fingerprint density at radius 3 is 2.58 bits per heavy atom. The smallest absolute Gasteiger partial charge is 0.396 e. The Morgan fingerprint density at radius 2 is 2.11 bits per heavy atom. The van der Waals surface area contributed by atoms with E-state index in [2.05, 4.69) is 15.4 Å². The molecule has 0 amide bonds. The molecule has 0 fully saturated rings. The molecule has 6 nitrogen and oxygen atoms in total. The summed E-state index contributed by atoms with van der Waals surface area (Å²) in [4.78, 5) is 8.37. The van der Waals surface area contributed by atoms with Crippen LogP contribution in [0, 0.1) is 0 Å². The fraction of sp³-hybridized carbons (Fsp3) is 0.600. The Labute approximate surface area is 108 Å². The first-order valence-corrected chi connectivity index (χ1v) is 5.71. The fourth-order valence-corrected chi connectivity index (χ4v) is 1.49. The molecule has 0 saturated heterocycles. The van der Waals surface area contributed by atoms with Crippen LogP contribution in [0.2, 0.25) is 0 Å². The average Bonchev–Trinajstić information content (AvgIpc) is 2.38. The van der Waals surface area contributed by atoms with Crippen molar-refractivity contribution in [1.82, 2.24) is 9.97 Å². The number of rotatable bonds is 6. The third-order valence-electron chi connectivity index (χ3n) is 2.41. The van der Waals surface area contributed by atoms with E-state index >= 15 is 0 Å². The molecule has 0 radical (unpaired) electrons. The SMILES string of the molecule is CCN(CCCO)c1cc(NN)nc(C(F)(F)F)n1. The van der Waals surface area contributed by atoms with Crippen molar-refractivity contribution in [1.29, 1.82) is 0 Å². The highest BCUT2D eigenvalue weighted by Crippen LogP contribution is 2.29. The van der Waals surface area contributed by atoms with Gasteiger partial charge in [-0.1, -0.05) is 0 Å². The van der Waals surface area contributed by atoms with Gasteiger partial charge >= 0.3 is 6.18 Å². The van der Waals surface area contributed by atoms with Crippen LogP contribution in [-0.4, -0.2) is 34.8 Å². The standard InChI is InChI=1S/C10H16F3N5O/c1-2-18(4-3-5-19)8-6-7(17-14)15-9(16-8)10(11,12)13/h6,19H,2-5,14H2,1H3,(H,15,16,17). The van der Waals surface area contributed by atoms with Gasteiger partial charge in [0.1, 0.15) is 11.6 Å². The second-order valence-electron chi connectivity index (χ2n) is 3.73. The number of nitrogens with zero attached hydrogens (tertiary/aromatic N) is 3. The van der Waals surface area contributed by atoms with Crippen LogP contribution in [0.4, 0.5) is 24.8 Å². The summed E-state index contributed by atoms with van der Waals surface area (Å²) in [5.41, 5.74) is 2.09. The van der Waals surface area contributed by atoms with Crippen molar-refractivity contribution in [3.05, 3.63) is 11.9 Å². The minimum absolute atomic E-state index is 0.0459. The monoisotopic (exact) mass is 279 g/mol. The van der Waals surface area contributed by atoms with Gasteiger partial charge in [-0.25, -0.2) is 15.8 Å². The maximum Gasteiger partial charge on any atom is 0.451 e. The molecule has 9 heteroatoms. The van der Waals surface area contributed by atoms with Gasteiger partial charge < -0.3 is 15.4 Å². The molecular formula is C10H16F3N5O. The second-order valence-corrected chi connectivity index (χ2v) is 3.73. The summed E-state index contributed by atoms with van der Waals surface area (Å²) >= 11 is 0. The normalized spacial score (nSPS) is 11.5. The number of nitrogens with two attached hydrogens (primary N) is 1. The van der Waals surface area contributed by atoms with Crippen LogP contribution in [0.15, 0.2) is 6.07 Å². The van der Waals surface area contributed by atoms with E-state index in [-0.39, 0.29) is 18.2 Å². The van der Waals surface area contributed by atoms with Gasteiger partial charge in [-0.2, -0.15) is 13.2 Å². The summed E-state index contributed by atoms with van der Waals surface area (Å²) in [5.74, 6) is 3.86. The van der Waals surface area contributed by atoms with Gasteiger partial charge in [0.15, 0.2) is 0 Å². The largest absolute Gasteiger partial charge is 0.451 e. The van der Waals surface area contributed by atoms with Gasteiger partial charge in [0.05, 0.1) is 0 Å². The number of alkyl halides is 3. The number of hydrazine groups is 1. The zero-order valence-electron chi connectivity index (χ0n) is 10.4. The van der Waals surface area contributed by atoms with Gasteiger partial charge in [-0.3, -0.25) is 0 Å². The van der Waals surface area contributed by atoms with Crippen molar-refractivity contribution in [2.45, 2.75) is 19.5 Å². The predicted octanol–water partition coefficient (Wildman–Crippen LogP) is 0.990. The van der Waals surface area contributed by atoms with Crippen molar-refractivity contribution in [2.24, 2.45) is 5.84 Å². The van der Waals surface area contributed by atoms with E-state index in [0.717, 1.165) is 0 Å². The molecule has 1 heterocycles. The van der Waals surface area contributed by atoms with Crippen LogP contribution in [0.3, 0.4) is 0 Å². The van der Waals surface area contributed by atoms with E-state index in [1.807, 2.05) is 0 Å². The summed E-state index contributed by atoms with van der Waals surface area (Å²) < 4.78 is 38.0. The lowest BCUT2D eigenvalue weighted by Crippen LogP contribution is -2.27. The van der Waals surface area contributed by atoms with Crippen LogP contribution in [-0.2, 0) is 6.18 Å². The van der Waals surface area contributed by atoms with Crippen LogP contribution >= 0.6 is 0 Å². The molecule has 0 aliphatic heterocycles. The molecule has 19 heavy (non-hydrogen) atoms. The average molecular weight is 279 g/mol. The van der Waals surface area contributed by atoms with Gasteiger partial charge in [-0.15, -0.1) is 0 Å². The maximum absolute atomic E-state index is 12.7. The lowest BCUT2D eigenvalue weighted by Gasteiger charge is -2.22. The van der Waals surface area contributed by atoms with Gasteiger partial charge in [0, 0.05) is 25.8 Å². The van der Waals surface area contributed by atoms with E-state index in [1.54, 1.807) is 11.8 Å². The quantitative estimate of drug-likeness (QED) is 0.532. The van der Waals surface area contributed by atoms with Crippen LogP contribution in [0.25, 0.3) is 0 Å². The number of hydrogen-bond donors (Lipinski definition) is 3. The zero-order chi connectivity index (χ0) is 14.5. The van der Waals surface area contributed by atoms with E-state index in [0.29, 0.717) is 19.5 Å². The number of aromatic nitrogens is 2.